The van der Waals surface area contributed by atoms with Crippen molar-refractivity contribution < 1.29 is 15.0 Å². The van der Waals surface area contributed by atoms with Crippen molar-refractivity contribution in [1.82, 2.24) is 0 Å². The van der Waals surface area contributed by atoms with E-state index in [0.29, 0.717) is 52.8 Å². The molecule has 0 unspecified atom stereocenters. The van der Waals surface area contributed by atoms with Crippen LogP contribution in [-0.2, 0) is 4.79 Å². The summed E-state index contributed by atoms with van der Waals surface area (Å²) in [5.41, 5.74) is 0.627. The molecule has 1 radical (unpaired) electrons. The monoisotopic (exact) mass is 375 g/mol. The minimum atomic E-state index is -0.194. The predicted molar refractivity (Wildman–Crippen MR) is 107 cm³/mol. The predicted octanol–water partition coefficient (Wildman–Crippen LogP) is 4.50. The molecule has 0 amide bonds. The first-order valence-electron chi connectivity index (χ1n) is 11.5. The van der Waals surface area contributed by atoms with Crippen LogP contribution in [0.1, 0.15) is 85.0 Å². The van der Waals surface area contributed by atoms with Crippen molar-refractivity contribution in [2.75, 3.05) is 0 Å². The first-order chi connectivity index (χ1) is 12.8. The number of rotatable bonds is 4. The van der Waals surface area contributed by atoms with Crippen LogP contribution in [0.25, 0.3) is 0 Å². The Morgan fingerprint density at radius 1 is 1.00 bits per heavy atom. The van der Waals surface area contributed by atoms with Gasteiger partial charge in [0.05, 0.1) is 12.2 Å². The van der Waals surface area contributed by atoms with E-state index in [9.17, 15) is 15.0 Å². The molecule has 2 N–H and O–H groups in total. The van der Waals surface area contributed by atoms with E-state index in [-0.39, 0.29) is 12.2 Å². The fourth-order valence-corrected chi connectivity index (χ4v) is 8.66. The van der Waals surface area contributed by atoms with E-state index in [0.717, 1.165) is 32.1 Å². The zero-order chi connectivity index (χ0) is 19.4. The molecule has 4 saturated carbocycles. The molecule has 27 heavy (non-hydrogen) atoms. The van der Waals surface area contributed by atoms with Gasteiger partial charge in [0, 0.05) is 6.42 Å². The van der Waals surface area contributed by atoms with Gasteiger partial charge in [-0.25, -0.2) is 0 Å². The summed E-state index contributed by atoms with van der Waals surface area (Å²) in [4.78, 5) is 10.7. The minimum absolute atomic E-state index is 0.160. The number of aliphatic hydroxyl groups is 2. The number of carbonyl (C=O) groups excluding carboxylic acids is 1. The Kier molecular flexibility index (Phi) is 5.25. The van der Waals surface area contributed by atoms with E-state index < -0.39 is 0 Å². The molecule has 0 aromatic rings. The quantitative estimate of drug-likeness (QED) is 0.760. The van der Waals surface area contributed by atoms with Crippen LogP contribution >= 0.6 is 0 Å². The van der Waals surface area contributed by atoms with E-state index in [1.165, 1.54) is 25.7 Å². The lowest BCUT2D eigenvalue weighted by molar-refractivity contribution is -0.174. The highest BCUT2D eigenvalue weighted by Crippen LogP contribution is 2.68. The van der Waals surface area contributed by atoms with E-state index in [1.807, 2.05) is 0 Å². The second-order valence-corrected chi connectivity index (χ2v) is 11.1. The third-order valence-electron chi connectivity index (χ3n) is 10.1. The molecule has 4 aliphatic carbocycles. The standard InChI is InChI=1S/C24H39O3/c1-15(5-4-12-25)18-6-7-19-22-20(9-11-24(18,19)3)23(2)10-8-17(26)13-16(23)14-21(22)27/h15-22,26-27H,4-11,13-14H2,1-3H3/t15-,16+,17-,18-,19+,20+,21-,22+,23+,24-/m1/s1. The fraction of sp³-hybridized carbons (Fsp3) is 0.958. The molecule has 0 bridgehead atoms. The molecule has 153 valence electrons. The van der Waals surface area contributed by atoms with Gasteiger partial charge in [-0.05, 0) is 104 Å². The molecular formula is C24H39O3. The first-order valence-corrected chi connectivity index (χ1v) is 11.5. The smallest absolute Gasteiger partial charge is 0.198 e. The lowest BCUT2D eigenvalue weighted by Gasteiger charge is -2.62. The normalized spacial score (nSPS) is 53.1. The average molecular weight is 376 g/mol. The van der Waals surface area contributed by atoms with E-state index >= 15 is 0 Å². The summed E-state index contributed by atoms with van der Waals surface area (Å²) in [5, 5.41) is 21.4. The average Bonchev–Trinajstić information content (AvgIpc) is 2.98. The Labute approximate surface area is 165 Å². The van der Waals surface area contributed by atoms with Crippen LogP contribution in [0.15, 0.2) is 0 Å². The number of hydrogen-bond acceptors (Lipinski definition) is 3. The van der Waals surface area contributed by atoms with Crippen LogP contribution in [0.3, 0.4) is 0 Å². The molecule has 0 aromatic heterocycles. The lowest BCUT2D eigenvalue weighted by Crippen LogP contribution is -2.58. The first kappa shape index (κ1) is 19.9. The molecule has 10 atom stereocenters. The third-order valence-corrected chi connectivity index (χ3v) is 10.1. The van der Waals surface area contributed by atoms with Crippen LogP contribution in [0, 0.1) is 46.3 Å². The van der Waals surface area contributed by atoms with Gasteiger partial charge < -0.3 is 10.2 Å². The summed E-state index contributed by atoms with van der Waals surface area (Å²) in [7, 11) is 0. The van der Waals surface area contributed by atoms with Gasteiger partial charge in [0.25, 0.3) is 0 Å². The largest absolute Gasteiger partial charge is 0.393 e. The topological polar surface area (TPSA) is 57.5 Å². The maximum absolute atomic E-state index is 11.2. The molecule has 0 saturated heterocycles. The Morgan fingerprint density at radius 2 is 1.70 bits per heavy atom. The van der Waals surface area contributed by atoms with E-state index in [4.69, 9.17) is 0 Å². The van der Waals surface area contributed by atoms with Crippen molar-refractivity contribution in [3.63, 3.8) is 0 Å². The zero-order valence-electron chi connectivity index (χ0n) is 17.5. The molecule has 0 heterocycles. The highest BCUT2D eigenvalue weighted by Gasteiger charge is 2.62. The number of aliphatic hydroxyl groups excluding tert-OH is 2. The Balaban J connectivity index is 1.58. The van der Waals surface area contributed by atoms with Crippen LogP contribution in [0.4, 0.5) is 0 Å². The van der Waals surface area contributed by atoms with Crippen molar-refractivity contribution in [1.29, 1.82) is 0 Å². The molecule has 0 aliphatic heterocycles. The van der Waals surface area contributed by atoms with E-state index in [2.05, 4.69) is 27.1 Å². The summed E-state index contributed by atoms with van der Waals surface area (Å²) in [6.45, 7) is 7.31. The summed E-state index contributed by atoms with van der Waals surface area (Å²) in [6.07, 6.45) is 12.1. The van der Waals surface area contributed by atoms with Crippen molar-refractivity contribution in [2.24, 2.45) is 46.3 Å². The maximum atomic E-state index is 11.2. The third kappa shape index (κ3) is 3.03. The zero-order valence-corrected chi connectivity index (χ0v) is 17.5. The highest BCUT2D eigenvalue weighted by atomic mass is 16.3. The van der Waals surface area contributed by atoms with Gasteiger partial charge in [0.15, 0.2) is 6.29 Å². The molecule has 0 spiro atoms. The molecule has 3 nitrogen and oxygen atoms in total. The van der Waals surface area contributed by atoms with Crippen molar-refractivity contribution in [2.45, 2.75) is 97.2 Å². The van der Waals surface area contributed by atoms with Crippen molar-refractivity contribution in [3.05, 3.63) is 0 Å². The highest BCUT2D eigenvalue weighted by molar-refractivity contribution is 5.50. The van der Waals surface area contributed by atoms with Gasteiger partial charge in [0.2, 0.25) is 0 Å². The van der Waals surface area contributed by atoms with Crippen LogP contribution in [-0.4, -0.2) is 28.7 Å². The number of fused-ring (bicyclic) bond motifs is 5. The minimum Gasteiger partial charge on any atom is -0.393 e. The van der Waals surface area contributed by atoms with Gasteiger partial charge in [0.1, 0.15) is 0 Å². The SMILES string of the molecule is C[C@H](CC[C]=O)[C@H]1CC[C@H]2[C@@H]3[C@H](O)C[C@@H]4C[C@H](O)CC[C@]4(C)[C@H]3CC[C@]12C. The van der Waals surface area contributed by atoms with Crippen molar-refractivity contribution >= 4 is 6.29 Å². The molecule has 4 aliphatic rings. The van der Waals surface area contributed by atoms with Crippen molar-refractivity contribution in [3.8, 4) is 0 Å². The van der Waals surface area contributed by atoms with Gasteiger partial charge in [-0.1, -0.05) is 20.8 Å². The van der Waals surface area contributed by atoms with E-state index in [1.54, 1.807) is 0 Å². The molecule has 3 heteroatoms. The molecule has 4 rings (SSSR count). The Hall–Kier alpha value is -0.410. The van der Waals surface area contributed by atoms with Gasteiger partial charge in [-0.15, -0.1) is 0 Å². The van der Waals surface area contributed by atoms with Crippen LogP contribution < -0.4 is 0 Å². The van der Waals surface area contributed by atoms with Crippen LogP contribution in [0.5, 0.6) is 0 Å². The van der Waals surface area contributed by atoms with Gasteiger partial charge in [-0.3, -0.25) is 4.79 Å². The summed E-state index contributed by atoms with van der Waals surface area (Å²) in [6, 6.07) is 0. The maximum Gasteiger partial charge on any atom is 0.198 e. The Bertz CT molecular complexity index is 562. The molecule has 4 fully saturated rings. The van der Waals surface area contributed by atoms with Gasteiger partial charge in [-0.2, -0.15) is 0 Å². The molecule has 0 aromatic carbocycles. The lowest BCUT2D eigenvalue weighted by atomic mass is 9.43. The number of hydrogen-bond donors (Lipinski definition) is 2. The second-order valence-electron chi connectivity index (χ2n) is 11.1. The van der Waals surface area contributed by atoms with Gasteiger partial charge >= 0.3 is 0 Å². The summed E-state index contributed by atoms with van der Waals surface area (Å²) in [5.74, 6) is 3.43. The summed E-state index contributed by atoms with van der Waals surface area (Å²) < 4.78 is 0. The molecular weight excluding hydrogens is 336 g/mol. The van der Waals surface area contributed by atoms with Crippen LogP contribution in [0.2, 0.25) is 0 Å². The fourth-order valence-electron chi connectivity index (χ4n) is 8.66. The second kappa shape index (κ2) is 7.13. The Morgan fingerprint density at radius 3 is 2.44 bits per heavy atom. The summed E-state index contributed by atoms with van der Waals surface area (Å²) >= 11 is 0.